The Morgan fingerprint density at radius 2 is 1.90 bits per heavy atom. The van der Waals surface area contributed by atoms with Gasteiger partial charge in [0.15, 0.2) is 0 Å². The summed E-state index contributed by atoms with van der Waals surface area (Å²) < 4.78 is 7.37. The number of carbonyl (C=O) groups is 1. The number of imidazole rings is 1. The highest BCUT2D eigenvalue weighted by Gasteiger charge is 2.24. The van der Waals surface area contributed by atoms with E-state index >= 15 is 0 Å². The molecule has 29 heavy (non-hydrogen) atoms. The van der Waals surface area contributed by atoms with E-state index in [0.717, 1.165) is 29.7 Å². The number of fused-ring (bicyclic) bond motifs is 3. The molecule has 1 aliphatic carbocycles. The number of aromatic nitrogens is 3. The predicted molar refractivity (Wildman–Crippen MR) is 111 cm³/mol. The van der Waals surface area contributed by atoms with E-state index in [9.17, 15) is 9.59 Å². The summed E-state index contributed by atoms with van der Waals surface area (Å²) in [5.74, 6) is 1.35. The van der Waals surface area contributed by atoms with Gasteiger partial charge in [0.1, 0.15) is 11.3 Å². The van der Waals surface area contributed by atoms with E-state index in [-0.39, 0.29) is 11.5 Å². The lowest BCUT2D eigenvalue weighted by Crippen LogP contribution is -2.41. The topological polar surface area (TPSA) is 79.7 Å². The molecule has 7 heteroatoms. The molecule has 1 N–H and O–H groups in total. The van der Waals surface area contributed by atoms with Crippen molar-refractivity contribution in [3.8, 4) is 0 Å². The van der Waals surface area contributed by atoms with Gasteiger partial charge in [-0.05, 0) is 37.5 Å². The van der Waals surface area contributed by atoms with Crippen LogP contribution < -0.4 is 5.56 Å². The molecule has 152 valence electrons. The maximum atomic E-state index is 13.0. The van der Waals surface area contributed by atoms with Gasteiger partial charge < -0.3 is 14.6 Å². The molecule has 0 spiro atoms. The van der Waals surface area contributed by atoms with Gasteiger partial charge in [0.05, 0.1) is 30.4 Å². The number of benzene rings is 1. The number of aryl methyl sites for hydroxylation is 1. The van der Waals surface area contributed by atoms with Crippen molar-refractivity contribution in [3.63, 3.8) is 0 Å². The summed E-state index contributed by atoms with van der Waals surface area (Å²) >= 11 is 0. The number of morpholine rings is 1. The lowest BCUT2D eigenvalue weighted by molar-refractivity contribution is 0.0302. The molecule has 1 aromatic carbocycles. The molecule has 1 amide bonds. The largest absolute Gasteiger partial charge is 0.378 e. The van der Waals surface area contributed by atoms with Crippen LogP contribution in [0.1, 0.15) is 59.8 Å². The lowest BCUT2D eigenvalue weighted by atomic mass is 9.88. The molecule has 2 aromatic heterocycles. The highest BCUT2D eigenvalue weighted by atomic mass is 16.5. The van der Waals surface area contributed by atoms with Gasteiger partial charge in [0.25, 0.3) is 11.5 Å². The third kappa shape index (κ3) is 3.13. The zero-order valence-electron chi connectivity index (χ0n) is 16.7. The minimum atomic E-state index is -0.166. The Bertz CT molecular complexity index is 1130. The van der Waals surface area contributed by atoms with Crippen molar-refractivity contribution >= 4 is 22.5 Å². The Labute approximate surface area is 168 Å². The summed E-state index contributed by atoms with van der Waals surface area (Å²) in [4.78, 5) is 35.2. The van der Waals surface area contributed by atoms with Crippen molar-refractivity contribution < 1.29 is 9.53 Å². The number of hydrogen-bond acceptors (Lipinski definition) is 4. The molecular formula is C22H26N4O3. The molecule has 0 radical (unpaired) electrons. The highest BCUT2D eigenvalue weighted by Crippen LogP contribution is 2.33. The molecule has 0 atom stereocenters. The number of nitrogens with one attached hydrogen (secondary N) is 1. The number of ether oxygens (including phenoxy) is 1. The van der Waals surface area contributed by atoms with Gasteiger partial charge in [-0.1, -0.05) is 19.3 Å². The Morgan fingerprint density at radius 1 is 1.14 bits per heavy atom. The second kappa shape index (κ2) is 7.30. The molecule has 5 rings (SSSR count). The number of aromatic amines is 1. The van der Waals surface area contributed by atoms with Crippen LogP contribution in [0, 0.1) is 6.92 Å². The standard InChI is InChI=1S/C22H26N4O3/c1-14-11-18-17(12-16(14)22(28)25-7-9-29-10-8-25)24-21(27)19-13-23-20(26(18)19)15-5-3-2-4-6-15/h11-13,15H,2-10H2,1H3,(H,24,27). The molecule has 0 bridgehead atoms. The smallest absolute Gasteiger partial charge is 0.274 e. The maximum absolute atomic E-state index is 13.0. The zero-order chi connectivity index (χ0) is 20.0. The van der Waals surface area contributed by atoms with E-state index in [2.05, 4.69) is 9.97 Å². The van der Waals surface area contributed by atoms with Crippen molar-refractivity contribution in [1.82, 2.24) is 19.3 Å². The Balaban J connectivity index is 1.65. The first kappa shape index (κ1) is 18.4. The number of amides is 1. The molecule has 1 saturated heterocycles. The first-order valence-corrected chi connectivity index (χ1v) is 10.5. The van der Waals surface area contributed by atoms with Gasteiger partial charge in [-0.3, -0.25) is 14.0 Å². The Hall–Kier alpha value is -2.67. The molecule has 3 aromatic rings. The number of nitrogens with zero attached hydrogens (tertiary/aromatic N) is 3. The summed E-state index contributed by atoms with van der Waals surface area (Å²) in [7, 11) is 0. The highest BCUT2D eigenvalue weighted by molar-refractivity contribution is 5.99. The summed E-state index contributed by atoms with van der Waals surface area (Å²) in [5.41, 5.74) is 3.54. The fourth-order valence-electron chi connectivity index (χ4n) is 4.76. The first-order chi connectivity index (χ1) is 14.1. The van der Waals surface area contributed by atoms with E-state index in [1.54, 1.807) is 6.20 Å². The Kier molecular flexibility index (Phi) is 4.62. The van der Waals surface area contributed by atoms with E-state index in [0.29, 0.717) is 48.8 Å². The monoisotopic (exact) mass is 394 g/mol. The number of hydrogen-bond donors (Lipinski definition) is 1. The normalized spacial score (nSPS) is 18.6. The van der Waals surface area contributed by atoms with Crippen LogP contribution in [0.2, 0.25) is 0 Å². The molecular weight excluding hydrogens is 368 g/mol. The summed E-state index contributed by atoms with van der Waals surface area (Å²) in [6.45, 7) is 4.28. The quantitative estimate of drug-likeness (QED) is 0.725. The van der Waals surface area contributed by atoms with Crippen molar-refractivity contribution in [2.75, 3.05) is 26.3 Å². The molecule has 0 unspecified atom stereocenters. The second-order valence-electron chi connectivity index (χ2n) is 8.21. The molecule has 1 saturated carbocycles. The van der Waals surface area contributed by atoms with Crippen LogP contribution in [0.3, 0.4) is 0 Å². The molecule has 2 fully saturated rings. The molecule has 7 nitrogen and oxygen atoms in total. The van der Waals surface area contributed by atoms with Crippen molar-refractivity contribution in [1.29, 1.82) is 0 Å². The number of rotatable bonds is 2. The van der Waals surface area contributed by atoms with E-state index in [4.69, 9.17) is 4.74 Å². The van der Waals surface area contributed by atoms with Crippen molar-refractivity contribution in [3.05, 3.63) is 45.6 Å². The van der Waals surface area contributed by atoms with Crippen molar-refractivity contribution in [2.45, 2.75) is 44.9 Å². The second-order valence-corrected chi connectivity index (χ2v) is 8.21. The Morgan fingerprint density at radius 3 is 2.66 bits per heavy atom. The molecule has 3 heterocycles. The lowest BCUT2D eigenvalue weighted by Gasteiger charge is -2.27. The summed E-state index contributed by atoms with van der Waals surface area (Å²) in [5, 5.41) is 0. The fraction of sp³-hybridized carbons (Fsp3) is 0.500. The van der Waals surface area contributed by atoms with E-state index < -0.39 is 0 Å². The summed E-state index contributed by atoms with van der Waals surface area (Å²) in [6.07, 6.45) is 7.59. The van der Waals surface area contributed by atoms with Crippen LogP contribution in [-0.4, -0.2) is 51.5 Å². The average molecular weight is 394 g/mol. The summed E-state index contributed by atoms with van der Waals surface area (Å²) in [6, 6.07) is 3.84. The number of H-pyrrole nitrogens is 1. The molecule has 1 aliphatic heterocycles. The van der Waals surface area contributed by atoms with Crippen LogP contribution in [0.25, 0.3) is 16.6 Å². The first-order valence-electron chi connectivity index (χ1n) is 10.5. The van der Waals surface area contributed by atoms with Crippen LogP contribution in [0.15, 0.2) is 23.1 Å². The average Bonchev–Trinajstić information content (AvgIpc) is 3.21. The third-order valence-corrected chi connectivity index (χ3v) is 6.35. The minimum Gasteiger partial charge on any atom is -0.378 e. The minimum absolute atomic E-state index is 0.00761. The zero-order valence-corrected chi connectivity index (χ0v) is 16.7. The van der Waals surface area contributed by atoms with Gasteiger partial charge in [-0.25, -0.2) is 4.98 Å². The van der Waals surface area contributed by atoms with Gasteiger partial charge in [0, 0.05) is 24.6 Å². The van der Waals surface area contributed by atoms with Crippen LogP contribution in [-0.2, 0) is 4.74 Å². The van der Waals surface area contributed by atoms with E-state index in [1.165, 1.54) is 19.3 Å². The van der Waals surface area contributed by atoms with Gasteiger partial charge in [-0.15, -0.1) is 0 Å². The van der Waals surface area contributed by atoms with Gasteiger partial charge in [0.2, 0.25) is 0 Å². The third-order valence-electron chi connectivity index (χ3n) is 6.35. The fourth-order valence-corrected chi connectivity index (χ4v) is 4.76. The van der Waals surface area contributed by atoms with Gasteiger partial charge in [-0.2, -0.15) is 0 Å². The van der Waals surface area contributed by atoms with Crippen LogP contribution in [0.5, 0.6) is 0 Å². The maximum Gasteiger partial charge on any atom is 0.274 e. The number of carbonyl (C=O) groups excluding carboxylic acids is 1. The van der Waals surface area contributed by atoms with E-state index in [1.807, 2.05) is 28.4 Å². The van der Waals surface area contributed by atoms with Gasteiger partial charge >= 0.3 is 0 Å². The molecule has 2 aliphatic rings. The van der Waals surface area contributed by atoms with Crippen LogP contribution in [0.4, 0.5) is 0 Å². The van der Waals surface area contributed by atoms with Crippen LogP contribution >= 0.6 is 0 Å². The SMILES string of the molecule is Cc1cc2c(cc1C(=O)N1CCOCC1)[nH]c(=O)c1cnc(C3CCCCC3)n12. The van der Waals surface area contributed by atoms with Crippen molar-refractivity contribution in [2.24, 2.45) is 0 Å². The predicted octanol–water partition coefficient (Wildman–Crippen LogP) is 3.00.